The first-order valence-electron chi connectivity index (χ1n) is 11.3. The lowest BCUT2D eigenvalue weighted by atomic mass is 10.0. The third kappa shape index (κ3) is 6.39. The zero-order valence-electron chi connectivity index (χ0n) is 18.9. The normalized spacial score (nSPS) is 24.5. The van der Waals surface area contributed by atoms with Crippen LogP contribution in [0.1, 0.15) is 37.8 Å². The molecule has 0 aliphatic carbocycles. The minimum atomic E-state index is -0.204. The molecule has 2 heterocycles. The van der Waals surface area contributed by atoms with Gasteiger partial charge in [-0.05, 0) is 70.1 Å². The van der Waals surface area contributed by atoms with Gasteiger partial charge in [0.15, 0.2) is 0 Å². The Kier molecular flexibility index (Phi) is 8.47. The van der Waals surface area contributed by atoms with Crippen molar-refractivity contribution in [1.82, 2.24) is 31.1 Å². The number of rotatable bonds is 8. The van der Waals surface area contributed by atoms with Gasteiger partial charge < -0.3 is 26.2 Å². The van der Waals surface area contributed by atoms with Crippen LogP contribution in [0.4, 0.5) is 10.5 Å². The van der Waals surface area contributed by atoms with Gasteiger partial charge in [0.25, 0.3) is 0 Å². The highest BCUT2D eigenvalue weighted by Gasteiger charge is 2.33. The van der Waals surface area contributed by atoms with Crippen LogP contribution < -0.4 is 26.6 Å². The van der Waals surface area contributed by atoms with E-state index in [-0.39, 0.29) is 18.5 Å². The zero-order valence-corrected chi connectivity index (χ0v) is 18.9. The number of carbonyl (C=O) groups is 1. The van der Waals surface area contributed by atoms with Crippen LogP contribution in [0.25, 0.3) is 0 Å². The maximum absolute atomic E-state index is 12.8. The Morgan fingerprint density at radius 1 is 1.30 bits per heavy atom. The Labute approximate surface area is 181 Å². The van der Waals surface area contributed by atoms with Crippen LogP contribution in [0.2, 0.25) is 0 Å². The Hall–Kier alpha value is -1.71. The number of nitrogens with one attached hydrogen (secondary N) is 5. The average Bonchev–Trinajstić information content (AvgIpc) is 2.70. The number of hydrogen-bond donors (Lipinski definition) is 5. The summed E-state index contributed by atoms with van der Waals surface area (Å²) in [6, 6.07) is 6.39. The quantitative estimate of drug-likeness (QED) is 0.439. The molecule has 0 aromatic heterocycles. The SMILES string of the molecule is CCCN1C(C)CC(NCCN(C)C)NC1NC(=O)Nc1ccc2c(c1)CNCC2. The molecular formula is C22H39N7O. The Bertz CT molecular complexity index is 696. The van der Waals surface area contributed by atoms with Gasteiger partial charge in [-0.1, -0.05) is 13.0 Å². The molecular weight excluding hydrogens is 378 g/mol. The number of benzene rings is 1. The van der Waals surface area contributed by atoms with E-state index >= 15 is 0 Å². The molecule has 1 fully saturated rings. The van der Waals surface area contributed by atoms with Crippen molar-refractivity contribution >= 4 is 11.7 Å². The minimum Gasteiger partial charge on any atom is -0.312 e. The molecule has 8 heteroatoms. The number of fused-ring (bicyclic) bond motifs is 1. The smallest absolute Gasteiger partial charge is 0.312 e. The first-order valence-corrected chi connectivity index (χ1v) is 11.3. The number of likely N-dealkylation sites (N-methyl/N-ethyl adjacent to an activating group) is 1. The molecule has 0 spiro atoms. The summed E-state index contributed by atoms with van der Waals surface area (Å²) in [5.41, 5.74) is 3.46. The number of nitrogens with zero attached hydrogens (tertiary/aromatic N) is 2. The van der Waals surface area contributed by atoms with E-state index in [9.17, 15) is 4.79 Å². The van der Waals surface area contributed by atoms with E-state index in [0.717, 1.165) is 57.7 Å². The molecule has 5 N–H and O–H groups in total. The topological polar surface area (TPSA) is 83.7 Å². The minimum absolute atomic E-state index is 0.174. The lowest BCUT2D eigenvalue weighted by Gasteiger charge is -2.45. The molecule has 168 valence electrons. The third-order valence-corrected chi connectivity index (χ3v) is 5.88. The van der Waals surface area contributed by atoms with Gasteiger partial charge in [-0.25, -0.2) is 4.79 Å². The monoisotopic (exact) mass is 417 g/mol. The predicted octanol–water partition coefficient (Wildman–Crippen LogP) is 1.31. The predicted molar refractivity (Wildman–Crippen MR) is 122 cm³/mol. The molecule has 0 bridgehead atoms. The van der Waals surface area contributed by atoms with E-state index < -0.39 is 0 Å². The van der Waals surface area contributed by atoms with Crippen molar-refractivity contribution < 1.29 is 4.79 Å². The summed E-state index contributed by atoms with van der Waals surface area (Å²) < 4.78 is 0. The molecule has 30 heavy (non-hydrogen) atoms. The maximum Gasteiger partial charge on any atom is 0.321 e. The van der Waals surface area contributed by atoms with Gasteiger partial charge in [-0.15, -0.1) is 0 Å². The van der Waals surface area contributed by atoms with Crippen LogP contribution in [0, 0.1) is 0 Å². The molecule has 8 nitrogen and oxygen atoms in total. The zero-order chi connectivity index (χ0) is 21.5. The summed E-state index contributed by atoms with van der Waals surface area (Å²) >= 11 is 0. The van der Waals surface area contributed by atoms with Crippen molar-refractivity contribution in [3.05, 3.63) is 29.3 Å². The molecule has 1 aromatic rings. The van der Waals surface area contributed by atoms with Crippen LogP contribution in [-0.4, -0.2) is 74.6 Å². The number of anilines is 1. The van der Waals surface area contributed by atoms with E-state index in [1.165, 1.54) is 11.1 Å². The molecule has 1 saturated heterocycles. The third-order valence-electron chi connectivity index (χ3n) is 5.88. The van der Waals surface area contributed by atoms with Gasteiger partial charge >= 0.3 is 6.03 Å². The van der Waals surface area contributed by atoms with Crippen molar-refractivity contribution in [2.24, 2.45) is 0 Å². The van der Waals surface area contributed by atoms with Crippen LogP contribution >= 0.6 is 0 Å². The van der Waals surface area contributed by atoms with E-state index in [4.69, 9.17) is 0 Å². The summed E-state index contributed by atoms with van der Waals surface area (Å²) in [4.78, 5) is 17.3. The maximum atomic E-state index is 12.8. The molecule has 2 aliphatic rings. The Morgan fingerprint density at radius 3 is 2.90 bits per heavy atom. The van der Waals surface area contributed by atoms with E-state index in [0.29, 0.717) is 6.04 Å². The van der Waals surface area contributed by atoms with Gasteiger partial charge in [0.05, 0.1) is 6.17 Å². The van der Waals surface area contributed by atoms with Crippen molar-refractivity contribution in [1.29, 1.82) is 0 Å². The van der Waals surface area contributed by atoms with Gasteiger partial charge in [0, 0.05) is 37.9 Å². The summed E-state index contributed by atoms with van der Waals surface area (Å²) in [5, 5.41) is 16.7. The molecule has 2 amide bonds. The van der Waals surface area contributed by atoms with Crippen molar-refractivity contribution in [3.63, 3.8) is 0 Å². The lowest BCUT2D eigenvalue weighted by Crippen LogP contribution is -2.69. The van der Waals surface area contributed by atoms with Crippen LogP contribution in [0.3, 0.4) is 0 Å². The summed E-state index contributed by atoms with van der Waals surface area (Å²) in [5.74, 6) is 0. The van der Waals surface area contributed by atoms with Gasteiger partial charge in [-0.3, -0.25) is 10.2 Å². The molecule has 0 radical (unpaired) electrons. The number of hydrogen-bond acceptors (Lipinski definition) is 6. The second-order valence-corrected chi connectivity index (χ2v) is 8.71. The summed E-state index contributed by atoms with van der Waals surface area (Å²) in [6.45, 7) is 9.12. The van der Waals surface area contributed by atoms with Crippen LogP contribution in [0.5, 0.6) is 0 Å². The van der Waals surface area contributed by atoms with Gasteiger partial charge in [0.2, 0.25) is 0 Å². The second kappa shape index (κ2) is 11.1. The molecule has 3 unspecified atom stereocenters. The molecule has 2 aliphatic heterocycles. The van der Waals surface area contributed by atoms with Crippen LogP contribution in [0.15, 0.2) is 18.2 Å². The highest BCUT2D eigenvalue weighted by molar-refractivity contribution is 5.89. The first kappa shape index (κ1) is 23.0. The first-order chi connectivity index (χ1) is 14.5. The largest absolute Gasteiger partial charge is 0.321 e. The fourth-order valence-corrected chi connectivity index (χ4v) is 4.27. The fraction of sp³-hybridized carbons (Fsp3) is 0.682. The molecule has 1 aromatic carbocycles. The van der Waals surface area contributed by atoms with Crippen molar-refractivity contribution in [2.75, 3.05) is 45.6 Å². The Balaban J connectivity index is 1.59. The Morgan fingerprint density at radius 2 is 2.13 bits per heavy atom. The number of carbonyl (C=O) groups excluding carboxylic acids is 1. The second-order valence-electron chi connectivity index (χ2n) is 8.71. The molecule has 3 atom stereocenters. The van der Waals surface area contributed by atoms with Gasteiger partial charge in [0.1, 0.15) is 6.29 Å². The summed E-state index contributed by atoms with van der Waals surface area (Å²) in [7, 11) is 4.15. The lowest BCUT2D eigenvalue weighted by molar-refractivity contribution is 0.0334. The van der Waals surface area contributed by atoms with E-state index in [1.807, 2.05) is 6.07 Å². The highest BCUT2D eigenvalue weighted by Crippen LogP contribution is 2.19. The average molecular weight is 418 g/mol. The van der Waals surface area contributed by atoms with Crippen molar-refractivity contribution in [2.45, 2.75) is 58.2 Å². The fourth-order valence-electron chi connectivity index (χ4n) is 4.27. The number of urea groups is 1. The standard InChI is InChI=1S/C22H39N7O/c1-5-11-29-16(2)13-20(24-10-12-28(3)4)26-21(29)27-22(30)25-19-7-6-17-8-9-23-15-18(17)14-19/h6-7,14,16,20-21,23-24,26H,5,8-13,15H2,1-4H3,(H2,25,27,30). The van der Waals surface area contributed by atoms with Gasteiger partial charge in [-0.2, -0.15) is 0 Å². The van der Waals surface area contributed by atoms with Crippen molar-refractivity contribution in [3.8, 4) is 0 Å². The molecule has 0 saturated carbocycles. The van der Waals surface area contributed by atoms with E-state index in [1.54, 1.807) is 0 Å². The number of amides is 2. The van der Waals surface area contributed by atoms with E-state index in [2.05, 4.69) is 76.5 Å². The van der Waals surface area contributed by atoms with Crippen LogP contribution in [-0.2, 0) is 13.0 Å². The molecule has 3 rings (SSSR count). The summed E-state index contributed by atoms with van der Waals surface area (Å²) in [6.07, 6.45) is 3.06. The highest BCUT2D eigenvalue weighted by atomic mass is 16.2.